The minimum absolute atomic E-state index is 0.268. The Kier molecular flexibility index (Phi) is 5.15. The summed E-state index contributed by atoms with van der Waals surface area (Å²) >= 11 is 0. The van der Waals surface area contributed by atoms with Gasteiger partial charge in [-0.25, -0.2) is 10.6 Å². The van der Waals surface area contributed by atoms with Crippen molar-refractivity contribution in [3.8, 4) is 0 Å². The molecule has 0 rings (SSSR count). The van der Waals surface area contributed by atoms with Gasteiger partial charge in [-0.3, -0.25) is 9.80 Å². The summed E-state index contributed by atoms with van der Waals surface area (Å²) in [7, 11) is 1.28. The Morgan fingerprint density at radius 2 is 1.93 bits per heavy atom. The first-order valence-corrected chi connectivity index (χ1v) is 4.52. The number of esters is 1. The average molecular weight is 202 g/mol. The molecular weight excluding hydrogens is 184 g/mol. The molecule has 0 fully saturated rings. The highest BCUT2D eigenvalue weighted by Gasteiger charge is 2.27. The zero-order valence-electron chi connectivity index (χ0n) is 9.11. The minimum Gasteiger partial charge on any atom is -0.467 e. The second-order valence-corrected chi connectivity index (χ2v) is 3.59. The van der Waals surface area contributed by atoms with E-state index in [1.54, 1.807) is 0 Å². The smallest absolute Gasteiger partial charge is 0.330 e. The molecule has 5 heteroatoms. The molecule has 0 aromatic heterocycles. The number of amides is 1. The first-order valence-electron chi connectivity index (χ1n) is 4.52. The van der Waals surface area contributed by atoms with Crippen LogP contribution in [-0.2, 0) is 14.3 Å². The van der Waals surface area contributed by atoms with E-state index in [-0.39, 0.29) is 11.8 Å². The van der Waals surface area contributed by atoms with Gasteiger partial charge in [0.2, 0.25) is 5.91 Å². The highest BCUT2D eigenvalue weighted by molar-refractivity contribution is 5.82. The van der Waals surface area contributed by atoms with E-state index in [1.165, 1.54) is 14.0 Å². The van der Waals surface area contributed by atoms with Crippen LogP contribution in [0.5, 0.6) is 0 Å². The molecule has 1 unspecified atom stereocenters. The molecule has 0 aliphatic rings. The molecule has 0 aromatic rings. The Labute approximate surface area is 84.2 Å². The van der Waals surface area contributed by atoms with Gasteiger partial charge in [0.05, 0.1) is 7.11 Å². The average Bonchev–Trinajstić information content (AvgIpc) is 2.11. The quantitative estimate of drug-likeness (QED) is 0.308. The third-order valence-corrected chi connectivity index (χ3v) is 1.87. The molecular formula is C9H18N2O3. The van der Waals surface area contributed by atoms with Crippen molar-refractivity contribution >= 4 is 11.9 Å². The largest absolute Gasteiger partial charge is 0.467 e. The molecule has 0 heterocycles. The van der Waals surface area contributed by atoms with Crippen LogP contribution in [0.15, 0.2) is 0 Å². The van der Waals surface area contributed by atoms with Gasteiger partial charge in [0.25, 0.3) is 0 Å². The van der Waals surface area contributed by atoms with E-state index in [0.29, 0.717) is 6.42 Å². The molecule has 2 N–H and O–H groups in total. The highest BCUT2D eigenvalue weighted by atomic mass is 16.5. The number of rotatable bonds is 4. The van der Waals surface area contributed by atoms with Gasteiger partial charge in [0, 0.05) is 6.92 Å². The van der Waals surface area contributed by atoms with Gasteiger partial charge >= 0.3 is 5.97 Å². The van der Waals surface area contributed by atoms with Gasteiger partial charge in [-0.1, -0.05) is 13.8 Å². The summed E-state index contributed by atoms with van der Waals surface area (Å²) in [5.41, 5.74) is 0. The van der Waals surface area contributed by atoms with Gasteiger partial charge < -0.3 is 4.74 Å². The molecule has 0 spiro atoms. The number of hydrogen-bond donors (Lipinski definition) is 1. The fourth-order valence-corrected chi connectivity index (χ4v) is 1.13. The Balaban J connectivity index is 4.54. The molecule has 0 aliphatic carbocycles. The Morgan fingerprint density at radius 1 is 1.43 bits per heavy atom. The van der Waals surface area contributed by atoms with E-state index >= 15 is 0 Å². The number of ether oxygens (including phenoxy) is 1. The zero-order chi connectivity index (χ0) is 11.3. The fraction of sp³-hybridized carbons (Fsp3) is 0.778. The normalized spacial score (nSPS) is 12.4. The van der Waals surface area contributed by atoms with Crippen molar-refractivity contribution in [2.75, 3.05) is 7.11 Å². The van der Waals surface area contributed by atoms with Crippen molar-refractivity contribution < 1.29 is 14.3 Å². The molecule has 0 saturated heterocycles. The summed E-state index contributed by atoms with van der Waals surface area (Å²) in [5.74, 6) is 4.91. The third-order valence-electron chi connectivity index (χ3n) is 1.87. The van der Waals surface area contributed by atoms with Crippen LogP contribution in [0.3, 0.4) is 0 Å². The zero-order valence-corrected chi connectivity index (χ0v) is 9.11. The summed E-state index contributed by atoms with van der Waals surface area (Å²) in [4.78, 5) is 22.3. The molecule has 0 aromatic carbocycles. The van der Waals surface area contributed by atoms with E-state index in [2.05, 4.69) is 4.74 Å². The molecule has 1 atom stereocenters. The maximum Gasteiger partial charge on any atom is 0.330 e. The number of nitrogens with zero attached hydrogens (tertiary/aromatic N) is 1. The lowest BCUT2D eigenvalue weighted by atomic mass is 10.0. The lowest BCUT2D eigenvalue weighted by Gasteiger charge is -2.25. The summed E-state index contributed by atoms with van der Waals surface area (Å²) in [6.45, 7) is 5.21. The Bertz CT molecular complexity index is 216. The Hall–Kier alpha value is -1.10. The highest BCUT2D eigenvalue weighted by Crippen LogP contribution is 2.10. The van der Waals surface area contributed by atoms with Gasteiger partial charge in [0.15, 0.2) is 0 Å². The van der Waals surface area contributed by atoms with E-state index in [1.807, 2.05) is 13.8 Å². The number of carbonyl (C=O) groups excluding carboxylic acids is 2. The molecule has 0 radical (unpaired) electrons. The molecule has 0 bridgehead atoms. The lowest BCUT2D eigenvalue weighted by molar-refractivity contribution is -0.153. The fourth-order valence-electron chi connectivity index (χ4n) is 1.13. The van der Waals surface area contributed by atoms with Crippen molar-refractivity contribution in [1.29, 1.82) is 0 Å². The van der Waals surface area contributed by atoms with E-state index in [9.17, 15) is 9.59 Å². The van der Waals surface area contributed by atoms with Crippen LogP contribution in [0.25, 0.3) is 0 Å². The molecule has 5 nitrogen and oxygen atoms in total. The van der Waals surface area contributed by atoms with Gasteiger partial charge in [-0.2, -0.15) is 0 Å². The number of hydrogen-bond acceptors (Lipinski definition) is 4. The van der Waals surface area contributed by atoms with Crippen LogP contribution < -0.4 is 5.84 Å². The van der Waals surface area contributed by atoms with Crippen molar-refractivity contribution in [2.45, 2.75) is 33.2 Å². The van der Waals surface area contributed by atoms with E-state index in [4.69, 9.17) is 5.84 Å². The van der Waals surface area contributed by atoms with Gasteiger partial charge in [0.1, 0.15) is 6.04 Å². The molecule has 14 heavy (non-hydrogen) atoms. The summed E-state index contributed by atoms with van der Waals surface area (Å²) in [6, 6.07) is -0.683. The van der Waals surface area contributed by atoms with Crippen molar-refractivity contribution in [3.05, 3.63) is 0 Å². The monoisotopic (exact) mass is 202 g/mol. The number of hydrazine groups is 1. The second-order valence-electron chi connectivity index (χ2n) is 3.59. The van der Waals surface area contributed by atoms with Crippen LogP contribution in [0.4, 0.5) is 0 Å². The van der Waals surface area contributed by atoms with Crippen LogP contribution in [-0.4, -0.2) is 30.0 Å². The van der Waals surface area contributed by atoms with Crippen molar-refractivity contribution in [1.82, 2.24) is 5.01 Å². The van der Waals surface area contributed by atoms with Crippen LogP contribution >= 0.6 is 0 Å². The number of nitrogens with two attached hydrogens (primary N) is 1. The summed E-state index contributed by atoms with van der Waals surface area (Å²) in [5, 5.41) is 0.922. The molecule has 0 aliphatic heterocycles. The van der Waals surface area contributed by atoms with E-state index < -0.39 is 12.0 Å². The Morgan fingerprint density at radius 3 is 2.21 bits per heavy atom. The molecule has 1 amide bonds. The molecule has 82 valence electrons. The van der Waals surface area contributed by atoms with Crippen LogP contribution in [0.2, 0.25) is 0 Å². The third kappa shape index (κ3) is 3.74. The maximum atomic E-state index is 11.3. The lowest BCUT2D eigenvalue weighted by Crippen LogP contribution is -2.49. The first kappa shape index (κ1) is 12.9. The maximum absolute atomic E-state index is 11.3. The van der Waals surface area contributed by atoms with Crippen LogP contribution in [0, 0.1) is 5.92 Å². The first-order chi connectivity index (χ1) is 6.40. The van der Waals surface area contributed by atoms with Crippen molar-refractivity contribution in [2.24, 2.45) is 11.8 Å². The van der Waals surface area contributed by atoms with E-state index in [0.717, 1.165) is 5.01 Å². The van der Waals surface area contributed by atoms with Gasteiger partial charge in [-0.15, -0.1) is 0 Å². The molecule has 0 saturated carbocycles. The summed E-state index contributed by atoms with van der Waals surface area (Å²) < 4.78 is 4.57. The predicted octanol–water partition coefficient (Wildman–Crippen LogP) is 0.296. The number of methoxy groups -OCH3 is 1. The van der Waals surface area contributed by atoms with Gasteiger partial charge in [-0.05, 0) is 12.3 Å². The summed E-state index contributed by atoms with van der Waals surface area (Å²) in [6.07, 6.45) is 0.503. The topological polar surface area (TPSA) is 72.6 Å². The standard InChI is InChI=1S/C9H18N2O3/c1-6(2)5-8(9(13)14-4)11(10)7(3)12/h6,8H,5,10H2,1-4H3. The number of carbonyl (C=O) groups is 2. The van der Waals surface area contributed by atoms with Crippen molar-refractivity contribution in [3.63, 3.8) is 0 Å². The second kappa shape index (κ2) is 5.59. The SMILES string of the molecule is COC(=O)C(CC(C)C)N(N)C(C)=O. The van der Waals surface area contributed by atoms with Crippen LogP contribution in [0.1, 0.15) is 27.2 Å². The minimum atomic E-state index is -0.683. The predicted molar refractivity (Wildman–Crippen MR) is 52.0 cm³/mol.